The van der Waals surface area contributed by atoms with E-state index >= 15 is 0 Å². The lowest BCUT2D eigenvalue weighted by molar-refractivity contribution is 0.0976. The van der Waals surface area contributed by atoms with Crippen LogP contribution in [0.4, 0.5) is 0 Å². The van der Waals surface area contributed by atoms with Gasteiger partial charge in [-0.1, -0.05) is 48.5 Å². The summed E-state index contributed by atoms with van der Waals surface area (Å²) in [6.45, 7) is 3.22. The highest BCUT2D eigenvalue weighted by Gasteiger charge is 2.34. The SMILES string of the molecule is CC(=O)c1c(C)cc2c(c1Cc1ccccc1C=O)C(=O)c1ccccc1C2=O. The van der Waals surface area contributed by atoms with E-state index in [0.29, 0.717) is 44.5 Å². The fraction of sp³-hybridized carbons (Fsp3) is 0.120. The normalized spacial score (nSPS) is 12.3. The predicted octanol–water partition coefficient (Wildman–Crippen LogP) is 4.38. The third-order valence-corrected chi connectivity index (χ3v) is 5.42. The zero-order chi connectivity index (χ0) is 20.7. The Balaban J connectivity index is 2.03. The molecule has 0 bridgehead atoms. The molecule has 0 saturated carbocycles. The number of hydrogen-bond acceptors (Lipinski definition) is 4. The van der Waals surface area contributed by atoms with Gasteiger partial charge in [-0.25, -0.2) is 0 Å². The van der Waals surface area contributed by atoms with Crippen LogP contribution in [0.5, 0.6) is 0 Å². The molecule has 0 atom stereocenters. The molecule has 4 heteroatoms. The number of Topliss-reactive ketones (excluding diaryl/α,β-unsaturated/α-hetero) is 1. The monoisotopic (exact) mass is 382 g/mol. The highest BCUT2D eigenvalue weighted by molar-refractivity contribution is 6.29. The predicted molar refractivity (Wildman–Crippen MR) is 109 cm³/mol. The summed E-state index contributed by atoms with van der Waals surface area (Å²) in [6.07, 6.45) is 0.975. The van der Waals surface area contributed by atoms with Crippen LogP contribution < -0.4 is 0 Å². The fourth-order valence-corrected chi connectivity index (χ4v) is 4.15. The Morgan fingerprint density at radius 3 is 2.17 bits per heavy atom. The third-order valence-electron chi connectivity index (χ3n) is 5.42. The number of fused-ring (bicyclic) bond motifs is 2. The zero-order valence-electron chi connectivity index (χ0n) is 16.1. The van der Waals surface area contributed by atoms with E-state index in [2.05, 4.69) is 0 Å². The molecule has 0 aromatic heterocycles. The number of carbonyl (C=O) groups excluding carboxylic acids is 4. The van der Waals surface area contributed by atoms with Crippen LogP contribution in [0.2, 0.25) is 0 Å². The number of ketones is 3. The van der Waals surface area contributed by atoms with Crippen LogP contribution in [0.25, 0.3) is 0 Å². The Morgan fingerprint density at radius 1 is 0.897 bits per heavy atom. The first-order chi connectivity index (χ1) is 13.9. The van der Waals surface area contributed by atoms with E-state index < -0.39 is 0 Å². The summed E-state index contributed by atoms with van der Waals surface area (Å²) in [6, 6.07) is 15.4. The van der Waals surface area contributed by atoms with Crippen molar-refractivity contribution in [2.24, 2.45) is 0 Å². The lowest BCUT2D eigenvalue weighted by atomic mass is 9.77. The first-order valence-electron chi connectivity index (χ1n) is 9.33. The van der Waals surface area contributed by atoms with Gasteiger partial charge in [0.15, 0.2) is 17.3 Å². The molecule has 0 heterocycles. The topological polar surface area (TPSA) is 68.3 Å². The van der Waals surface area contributed by atoms with Crippen molar-refractivity contribution in [1.82, 2.24) is 0 Å². The van der Waals surface area contributed by atoms with Crippen molar-refractivity contribution in [2.45, 2.75) is 20.3 Å². The van der Waals surface area contributed by atoms with Gasteiger partial charge in [-0.05, 0) is 43.0 Å². The highest BCUT2D eigenvalue weighted by atomic mass is 16.1. The Bertz CT molecular complexity index is 1220. The van der Waals surface area contributed by atoms with Gasteiger partial charge >= 0.3 is 0 Å². The summed E-state index contributed by atoms with van der Waals surface area (Å²) >= 11 is 0. The van der Waals surface area contributed by atoms with Crippen molar-refractivity contribution in [2.75, 3.05) is 0 Å². The Hall–Kier alpha value is -3.66. The van der Waals surface area contributed by atoms with Crippen molar-refractivity contribution < 1.29 is 19.2 Å². The minimum Gasteiger partial charge on any atom is -0.298 e. The van der Waals surface area contributed by atoms with Gasteiger partial charge < -0.3 is 0 Å². The number of aldehydes is 1. The standard InChI is InChI=1S/C25H18O4/c1-14-11-21-23(25(29)19-10-6-5-9-18(19)24(21)28)20(22(14)15(2)27)12-16-7-3-4-8-17(16)13-26/h3-11,13H,12H2,1-2H3. The highest BCUT2D eigenvalue weighted by Crippen LogP contribution is 2.34. The van der Waals surface area contributed by atoms with Gasteiger partial charge in [0.05, 0.1) is 0 Å². The maximum Gasteiger partial charge on any atom is 0.194 e. The molecule has 3 aromatic carbocycles. The second-order valence-corrected chi connectivity index (χ2v) is 7.22. The van der Waals surface area contributed by atoms with Crippen molar-refractivity contribution in [3.05, 3.63) is 105 Å². The summed E-state index contributed by atoms with van der Waals surface area (Å²) in [5.41, 5.74) is 4.09. The lowest BCUT2D eigenvalue weighted by Crippen LogP contribution is -2.25. The Morgan fingerprint density at radius 2 is 1.52 bits per heavy atom. The molecule has 0 saturated heterocycles. The van der Waals surface area contributed by atoms with E-state index in [1.807, 2.05) is 0 Å². The van der Waals surface area contributed by atoms with Crippen molar-refractivity contribution in [3.8, 4) is 0 Å². The molecule has 1 aliphatic rings. The Kier molecular flexibility index (Phi) is 4.55. The molecule has 0 unspecified atom stereocenters. The summed E-state index contributed by atoms with van der Waals surface area (Å²) < 4.78 is 0. The molecule has 0 radical (unpaired) electrons. The van der Waals surface area contributed by atoms with Crippen molar-refractivity contribution in [3.63, 3.8) is 0 Å². The van der Waals surface area contributed by atoms with Gasteiger partial charge in [0, 0.05) is 33.4 Å². The summed E-state index contributed by atoms with van der Waals surface area (Å²) in [5, 5.41) is 0. The molecule has 3 aromatic rings. The van der Waals surface area contributed by atoms with Gasteiger partial charge in [0.2, 0.25) is 0 Å². The fourth-order valence-electron chi connectivity index (χ4n) is 4.15. The average Bonchev–Trinajstić information content (AvgIpc) is 2.71. The number of carbonyl (C=O) groups is 4. The van der Waals surface area contributed by atoms with Crippen molar-refractivity contribution in [1.29, 1.82) is 0 Å². The molecule has 0 amide bonds. The van der Waals surface area contributed by atoms with Crippen LogP contribution in [-0.2, 0) is 6.42 Å². The van der Waals surface area contributed by atoms with Crippen molar-refractivity contribution >= 4 is 23.6 Å². The molecule has 142 valence electrons. The molecule has 0 aliphatic heterocycles. The van der Waals surface area contributed by atoms with Crippen LogP contribution in [0.1, 0.15) is 76.2 Å². The average molecular weight is 382 g/mol. The lowest BCUT2D eigenvalue weighted by Gasteiger charge is -2.24. The second kappa shape index (κ2) is 7.06. The van der Waals surface area contributed by atoms with E-state index in [1.54, 1.807) is 61.5 Å². The van der Waals surface area contributed by atoms with Crippen LogP contribution in [-0.4, -0.2) is 23.6 Å². The van der Waals surface area contributed by atoms with E-state index in [9.17, 15) is 19.2 Å². The molecular weight excluding hydrogens is 364 g/mol. The Labute approximate surface area is 168 Å². The van der Waals surface area contributed by atoms with E-state index in [1.165, 1.54) is 6.92 Å². The summed E-state index contributed by atoms with van der Waals surface area (Å²) in [7, 11) is 0. The van der Waals surface area contributed by atoms with E-state index in [-0.39, 0.29) is 29.3 Å². The van der Waals surface area contributed by atoms with E-state index in [0.717, 1.165) is 6.29 Å². The summed E-state index contributed by atoms with van der Waals surface area (Å²) in [5.74, 6) is -0.669. The quantitative estimate of drug-likeness (QED) is 0.388. The maximum atomic E-state index is 13.4. The van der Waals surface area contributed by atoms with E-state index in [4.69, 9.17) is 0 Å². The third kappa shape index (κ3) is 2.93. The zero-order valence-corrected chi connectivity index (χ0v) is 16.1. The van der Waals surface area contributed by atoms with Crippen LogP contribution in [0.15, 0.2) is 54.6 Å². The molecular formula is C25H18O4. The minimum absolute atomic E-state index is 0.178. The number of benzene rings is 3. The van der Waals surface area contributed by atoms with Gasteiger partial charge in [-0.3, -0.25) is 19.2 Å². The van der Waals surface area contributed by atoms with Crippen LogP contribution in [0.3, 0.4) is 0 Å². The second-order valence-electron chi connectivity index (χ2n) is 7.22. The minimum atomic E-state index is -0.267. The molecule has 29 heavy (non-hydrogen) atoms. The maximum absolute atomic E-state index is 13.4. The van der Waals surface area contributed by atoms with Gasteiger partial charge in [0.25, 0.3) is 0 Å². The van der Waals surface area contributed by atoms with Crippen LogP contribution in [0, 0.1) is 6.92 Å². The molecule has 0 N–H and O–H groups in total. The molecule has 4 rings (SSSR count). The largest absolute Gasteiger partial charge is 0.298 e. The number of aryl methyl sites for hydroxylation is 1. The molecule has 1 aliphatic carbocycles. The van der Waals surface area contributed by atoms with Gasteiger partial charge in [-0.15, -0.1) is 0 Å². The van der Waals surface area contributed by atoms with Gasteiger partial charge in [0.1, 0.15) is 6.29 Å². The first kappa shape index (κ1) is 18.7. The molecule has 0 spiro atoms. The number of rotatable bonds is 4. The molecule has 4 nitrogen and oxygen atoms in total. The summed E-state index contributed by atoms with van der Waals surface area (Å²) in [4.78, 5) is 50.5. The molecule has 0 fully saturated rings. The first-order valence-corrected chi connectivity index (χ1v) is 9.33. The van der Waals surface area contributed by atoms with Gasteiger partial charge in [-0.2, -0.15) is 0 Å². The smallest absolute Gasteiger partial charge is 0.194 e. The number of hydrogen-bond donors (Lipinski definition) is 0. The van der Waals surface area contributed by atoms with Crippen LogP contribution >= 0.6 is 0 Å².